The molecule has 0 bridgehead atoms. The molecule has 2 nitrogen and oxygen atoms in total. The SMILES string of the molecule is CNC1CCN[C@@H](C)C1. The molecular formula is C7H16N2. The van der Waals surface area contributed by atoms with Crippen LogP contribution in [0.25, 0.3) is 0 Å². The van der Waals surface area contributed by atoms with Crippen LogP contribution in [-0.4, -0.2) is 25.7 Å². The molecule has 0 aromatic carbocycles. The van der Waals surface area contributed by atoms with E-state index in [1.54, 1.807) is 0 Å². The van der Waals surface area contributed by atoms with Crippen LogP contribution < -0.4 is 10.6 Å². The topological polar surface area (TPSA) is 24.1 Å². The number of nitrogens with one attached hydrogen (secondary N) is 2. The number of rotatable bonds is 1. The zero-order chi connectivity index (χ0) is 6.69. The van der Waals surface area contributed by atoms with Crippen molar-refractivity contribution < 1.29 is 0 Å². The fraction of sp³-hybridized carbons (Fsp3) is 1.00. The van der Waals surface area contributed by atoms with Crippen LogP contribution in [0.4, 0.5) is 0 Å². The van der Waals surface area contributed by atoms with Crippen LogP contribution in [0.15, 0.2) is 0 Å². The highest BCUT2D eigenvalue weighted by molar-refractivity contribution is 4.78. The summed E-state index contributed by atoms with van der Waals surface area (Å²) in [6, 6.07) is 1.46. The lowest BCUT2D eigenvalue weighted by atomic mass is 10.0. The van der Waals surface area contributed by atoms with E-state index < -0.39 is 0 Å². The van der Waals surface area contributed by atoms with Crippen LogP contribution in [0, 0.1) is 0 Å². The summed E-state index contributed by atoms with van der Waals surface area (Å²) in [6.45, 7) is 3.41. The highest BCUT2D eigenvalue weighted by Crippen LogP contribution is 2.06. The summed E-state index contributed by atoms with van der Waals surface area (Å²) >= 11 is 0. The molecule has 1 aliphatic rings. The minimum absolute atomic E-state index is 0.705. The van der Waals surface area contributed by atoms with E-state index in [-0.39, 0.29) is 0 Å². The van der Waals surface area contributed by atoms with Crippen molar-refractivity contribution in [2.75, 3.05) is 13.6 Å². The molecule has 0 radical (unpaired) electrons. The monoisotopic (exact) mass is 128 g/mol. The second-order valence-electron chi connectivity index (χ2n) is 2.87. The first-order valence-corrected chi connectivity index (χ1v) is 3.73. The Bertz CT molecular complexity index is 83.0. The molecule has 1 unspecified atom stereocenters. The molecule has 0 aliphatic carbocycles. The fourth-order valence-electron chi connectivity index (χ4n) is 1.39. The molecule has 0 amide bonds. The van der Waals surface area contributed by atoms with Gasteiger partial charge in [-0.05, 0) is 33.4 Å². The van der Waals surface area contributed by atoms with Crippen LogP contribution in [0.5, 0.6) is 0 Å². The minimum Gasteiger partial charge on any atom is -0.317 e. The van der Waals surface area contributed by atoms with Crippen LogP contribution in [0.1, 0.15) is 19.8 Å². The van der Waals surface area contributed by atoms with E-state index in [2.05, 4.69) is 17.6 Å². The second kappa shape index (κ2) is 3.18. The molecule has 1 aliphatic heterocycles. The third-order valence-corrected chi connectivity index (χ3v) is 2.03. The first kappa shape index (κ1) is 7.03. The van der Waals surface area contributed by atoms with Crippen LogP contribution in [0.3, 0.4) is 0 Å². The van der Waals surface area contributed by atoms with Gasteiger partial charge in [0.05, 0.1) is 0 Å². The normalized spacial score (nSPS) is 36.7. The maximum absolute atomic E-state index is 3.41. The van der Waals surface area contributed by atoms with Gasteiger partial charge in [-0.2, -0.15) is 0 Å². The zero-order valence-electron chi connectivity index (χ0n) is 6.28. The Hall–Kier alpha value is -0.0800. The highest BCUT2D eigenvalue weighted by atomic mass is 15.0. The van der Waals surface area contributed by atoms with Gasteiger partial charge in [0.2, 0.25) is 0 Å². The summed E-state index contributed by atoms with van der Waals surface area (Å²) in [6.07, 6.45) is 2.55. The largest absolute Gasteiger partial charge is 0.317 e. The lowest BCUT2D eigenvalue weighted by Gasteiger charge is -2.27. The second-order valence-corrected chi connectivity index (χ2v) is 2.87. The van der Waals surface area contributed by atoms with E-state index in [4.69, 9.17) is 0 Å². The predicted molar refractivity (Wildman–Crippen MR) is 39.5 cm³/mol. The molecule has 1 saturated heterocycles. The Morgan fingerprint density at radius 1 is 1.56 bits per heavy atom. The maximum atomic E-state index is 3.41. The summed E-state index contributed by atoms with van der Waals surface area (Å²) in [5, 5.41) is 6.70. The van der Waals surface area contributed by atoms with Crippen molar-refractivity contribution in [2.24, 2.45) is 0 Å². The van der Waals surface area contributed by atoms with Crippen molar-refractivity contribution in [1.82, 2.24) is 10.6 Å². The predicted octanol–water partition coefficient (Wildman–Crippen LogP) is 0.346. The molecule has 1 rings (SSSR count). The van der Waals surface area contributed by atoms with Crippen molar-refractivity contribution in [3.8, 4) is 0 Å². The molecule has 0 aromatic heterocycles. The molecule has 0 saturated carbocycles. The smallest absolute Gasteiger partial charge is 0.00908 e. The molecule has 54 valence electrons. The quantitative estimate of drug-likeness (QED) is 0.532. The minimum atomic E-state index is 0.705. The summed E-state index contributed by atoms with van der Waals surface area (Å²) in [5.74, 6) is 0. The summed E-state index contributed by atoms with van der Waals surface area (Å²) in [7, 11) is 2.04. The Morgan fingerprint density at radius 3 is 2.78 bits per heavy atom. The lowest BCUT2D eigenvalue weighted by molar-refractivity contribution is 0.347. The van der Waals surface area contributed by atoms with Crippen molar-refractivity contribution in [1.29, 1.82) is 0 Å². The number of piperidine rings is 1. The van der Waals surface area contributed by atoms with Crippen LogP contribution in [0.2, 0.25) is 0 Å². The van der Waals surface area contributed by atoms with Crippen molar-refractivity contribution >= 4 is 0 Å². The van der Waals surface area contributed by atoms with E-state index >= 15 is 0 Å². The maximum Gasteiger partial charge on any atom is 0.00908 e. The van der Waals surface area contributed by atoms with Gasteiger partial charge in [0, 0.05) is 12.1 Å². The molecule has 9 heavy (non-hydrogen) atoms. The summed E-state index contributed by atoms with van der Waals surface area (Å²) in [5.41, 5.74) is 0. The number of hydrogen-bond acceptors (Lipinski definition) is 2. The van der Waals surface area contributed by atoms with Crippen LogP contribution in [-0.2, 0) is 0 Å². The van der Waals surface area contributed by atoms with Crippen molar-refractivity contribution in [3.63, 3.8) is 0 Å². The molecule has 1 fully saturated rings. The van der Waals surface area contributed by atoms with E-state index in [9.17, 15) is 0 Å². The Labute approximate surface area is 57.0 Å². The Kier molecular flexibility index (Phi) is 2.49. The highest BCUT2D eigenvalue weighted by Gasteiger charge is 2.15. The van der Waals surface area contributed by atoms with Gasteiger partial charge in [0.15, 0.2) is 0 Å². The average molecular weight is 128 g/mol. The molecule has 2 atom stereocenters. The van der Waals surface area contributed by atoms with Gasteiger partial charge >= 0.3 is 0 Å². The van der Waals surface area contributed by atoms with Gasteiger partial charge < -0.3 is 10.6 Å². The van der Waals surface area contributed by atoms with Gasteiger partial charge in [-0.1, -0.05) is 0 Å². The van der Waals surface area contributed by atoms with E-state index in [0.29, 0.717) is 6.04 Å². The van der Waals surface area contributed by atoms with Gasteiger partial charge in [-0.3, -0.25) is 0 Å². The number of hydrogen-bond donors (Lipinski definition) is 2. The fourth-order valence-corrected chi connectivity index (χ4v) is 1.39. The summed E-state index contributed by atoms with van der Waals surface area (Å²) in [4.78, 5) is 0. The molecular weight excluding hydrogens is 112 g/mol. The van der Waals surface area contributed by atoms with Gasteiger partial charge in [-0.15, -0.1) is 0 Å². The van der Waals surface area contributed by atoms with E-state index in [1.165, 1.54) is 19.4 Å². The molecule has 0 spiro atoms. The van der Waals surface area contributed by atoms with Crippen molar-refractivity contribution in [3.05, 3.63) is 0 Å². The van der Waals surface area contributed by atoms with Crippen LogP contribution >= 0.6 is 0 Å². The molecule has 2 N–H and O–H groups in total. The first-order chi connectivity index (χ1) is 4.33. The van der Waals surface area contributed by atoms with E-state index in [0.717, 1.165) is 6.04 Å². The van der Waals surface area contributed by atoms with Gasteiger partial charge in [-0.25, -0.2) is 0 Å². The Morgan fingerprint density at radius 2 is 2.33 bits per heavy atom. The summed E-state index contributed by atoms with van der Waals surface area (Å²) < 4.78 is 0. The zero-order valence-corrected chi connectivity index (χ0v) is 6.28. The lowest BCUT2D eigenvalue weighted by Crippen LogP contribution is -2.43. The van der Waals surface area contributed by atoms with Gasteiger partial charge in [0.25, 0.3) is 0 Å². The third kappa shape index (κ3) is 1.95. The molecule has 0 aromatic rings. The standard InChI is InChI=1S/C7H16N2/c1-6-5-7(8-2)3-4-9-6/h6-9H,3-5H2,1-2H3/t6-,7?/m0/s1. The van der Waals surface area contributed by atoms with Gasteiger partial charge in [0.1, 0.15) is 0 Å². The molecule has 1 heterocycles. The molecule has 2 heteroatoms. The first-order valence-electron chi connectivity index (χ1n) is 3.73. The average Bonchev–Trinajstić information content (AvgIpc) is 1.88. The Balaban J connectivity index is 2.23. The van der Waals surface area contributed by atoms with E-state index in [1.807, 2.05) is 7.05 Å². The van der Waals surface area contributed by atoms with Crippen molar-refractivity contribution in [2.45, 2.75) is 31.8 Å². The third-order valence-electron chi connectivity index (χ3n) is 2.03.